The van der Waals surface area contributed by atoms with Gasteiger partial charge in [0.2, 0.25) is 0 Å². The Balaban J connectivity index is 4.96. The second-order valence-corrected chi connectivity index (χ2v) is 5.31. The third kappa shape index (κ3) is 4.76. The average molecular weight is 378 g/mol. The number of allylic oxidation sites excluding steroid dienone is 1. The lowest BCUT2D eigenvalue weighted by atomic mass is 9.95. The number of rotatable bonds is 9. The van der Waals surface area contributed by atoms with Crippen LogP contribution < -0.4 is 0 Å². The van der Waals surface area contributed by atoms with Crippen molar-refractivity contribution in [1.82, 2.24) is 0 Å². The Bertz CT molecular complexity index is 428. The van der Waals surface area contributed by atoms with E-state index in [1.54, 1.807) is 0 Å². The predicted molar refractivity (Wildman–Crippen MR) is 63.1 cm³/mol. The molecule has 0 fully saturated rings. The van der Waals surface area contributed by atoms with Crippen molar-refractivity contribution in [3.8, 4) is 0 Å². The van der Waals surface area contributed by atoms with E-state index in [4.69, 9.17) is 10.2 Å². The van der Waals surface area contributed by atoms with Gasteiger partial charge in [-0.3, -0.25) is 0 Å². The Morgan fingerprint density at radius 1 is 0.833 bits per heavy atom. The summed E-state index contributed by atoms with van der Waals surface area (Å²) in [5.74, 6) is -19.5. The molecule has 2 N–H and O–H groups in total. The van der Waals surface area contributed by atoms with E-state index in [1.807, 2.05) is 0 Å². The predicted octanol–water partition coefficient (Wildman–Crippen LogP) is 3.02. The zero-order valence-electron chi connectivity index (χ0n) is 12.2. The van der Waals surface area contributed by atoms with E-state index in [2.05, 4.69) is 4.74 Å². The van der Waals surface area contributed by atoms with Crippen LogP contribution >= 0.6 is 0 Å². The lowest BCUT2D eigenvalue weighted by Crippen LogP contribution is -2.60. The van der Waals surface area contributed by atoms with Crippen LogP contribution in [0.5, 0.6) is 0 Å². The Hall–Kier alpha value is -1.01. The van der Waals surface area contributed by atoms with Gasteiger partial charge in [0.25, 0.3) is 0 Å². The SMILES string of the molecule is CC(CO)(CO)COC/C=C/C(F)(F)C(F)(F)C(F)(F)C(F)(F)F. The number of halogens is 9. The third-order valence-corrected chi connectivity index (χ3v) is 2.92. The number of aliphatic hydroxyl groups is 2. The van der Waals surface area contributed by atoms with Crippen molar-refractivity contribution in [2.24, 2.45) is 5.41 Å². The minimum absolute atomic E-state index is 0.134. The van der Waals surface area contributed by atoms with Gasteiger partial charge in [-0.15, -0.1) is 0 Å². The van der Waals surface area contributed by atoms with Crippen LogP contribution in [0, 0.1) is 5.41 Å². The van der Waals surface area contributed by atoms with Gasteiger partial charge >= 0.3 is 23.9 Å². The van der Waals surface area contributed by atoms with Crippen LogP contribution in [-0.4, -0.2) is 60.6 Å². The molecule has 3 nitrogen and oxygen atoms in total. The highest BCUT2D eigenvalue weighted by Gasteiger charge is 2.81. The Morgan fingerprint density at radius 2 is 1.29 bits per heavy atom. The van der Waals surface area contributed by atoms with Crippen molar-refractivity contribution in [3.05, 3.63) is 12.2 Å². The number of hydrogen-bond donors (Lipinski definition) is 2. The zero-order chi connectivity index (χ0) is 19.4. The van der Waals surface area contributed by atoms with Crippen molar-refractivity contribution in [2.75, 3.05) is 26.4 Å². The lowest BCUT2D eigenvalue weighted by molar-refractivity contribution is -0.388. The van der Waals surface area contributed by atoms with E-state index in [0.717, 1.165) is 0 Å². The maximum Gasteiger partial charge on any atom is 0.460 e. The first-order valence-corrected chi connectivity index (χ1v) is 6.25. The molecule has 0 radical (unpaired) electrons. The van der Waals surface area contributed by atoms with Crippen LogP contribution in [0.2, 0.25) is 0 Å². The van der Waals surface area contributed by atoms with Gasteiger partial charge in [0.05, 0.1) is 26.4 Å². The zero-order valence-corrected chi connectivity index (χ0v) is 12.2. The summed E-state index contributed by atoms with van der Waals surface area (Å²) in [4.78, 5) is 0. The number of ether oxygens (including phenoxy) is 1. The molecule has 0 aliphatic carbocycles. The van der Waals surface area contributed by atoms with Crippen molar-refractivity contribution in [2.45, 2.75) is 30.9 Å². The summed E-state index contributed by atoms with van der Waals surface area (Å²) in [5, 5.41) is 17.8. The fourth-order valence-corrected chi connectivity index (χ4v) is 1.20. The monoisotopic (exact) mass is 378 g/mol. The molecular formula is C12H15F9O3. The molecule has 144 valence electrons. The Kier molecular flexibility index (Phi) is 7.16. The van der Waals surface area contributed by atoms with Crippen LogP contribution in [0.25, 0.3) is 0 Å². The van der Waals surface area contributed by atoms with E-state index >= 15 is 0 Å². The van der Waals surface area contributed by atoms with Gasteiger partial charge in [-0.25, -0.2) is 0 Å². The van der Waals surface area contributed by atoms with Crippen LogP contribution in [0.1, 0.15) is 6.92 Å². The van der Waals surface area contributed by atoms with Gasteiger partial charge in [0, 0.05) is 5.41 Å². The molecule has 0 bridgehead atoms. The van der Waals surface area contributed by atoms with Gasteiger partial charge < -0.3 is 14.9 Å². The van der Waals surface area contributed by atoms with E-state index < -0.39 is 61.9 Å². The average Bonchev–Trinajstić information content (AvgIpc) is 2.44. The highest BCUT2D eigenvalue weighted by Crippen LogP contribution is 2.53. The van der Waals surface area contributed by atoms with Gasteiger partial charge in [-0.05, 0) is 6.08 Å². The smallest absolute Gasteiger partial charge is 0.396 e. The molecule has 0 spiro atoms. The van der Waals surface area contributed by atoms with Gasteiger partial charge in [0.1, 0.15) is 0 Å². The molecule has 0 heterocycles. The largest absolute Gasteiger partial charge is 0.460 e. The van der Waals surface area contributed by atoms with Crippen LogP contribution in [0.4, 0.5) is 39.5 Å². The lowest BCUT2D eigenvalue weighted by Gasteiger charge is -2.32. The molecule has 0 aliphatic heterocycles. The van der Waals surface area contributed by atoms with Gasteiger partial charge in [-0.1, -0.05) is 13.0 Å². The molecule has 0 saturated heterocycles. The molecule has 0 atom stereocenters. The van der Waals surface area contributed by atoms with E-state index in [-0.39, 0.29) is 6.08 Å². The Labute approximate surface area is 130 Å². The molecule has 0 aromatic rings. The first-order valence-electron chi connectivity index (χ1n) is 6.25. The summed E-state index contributed by atoms with van der Waals surface area (Å²) in [6.45, 7) is -1.08. The Morgan fingerprint density at radius 3 is 1.67 bits per heavy atom. The molecule has 12 heteroatoms. The van der Waals surface area contributed by atoms with E-state index in [0.29, 0.717) is 0 Å². The highest BCUT2D eigenvalue weighted by molar-refractivity contribution is 5.10. The molecule has 0 aromatic carbocycles. The minimum Gasteiger partial charge on any atom is -0.396 e. The second kappa shape index (κ2) is 7.48. The molecule has 0 amide bonds. The quantitative estimate of drug-likeness (QED) is 0.369. The van der Waals surface area contributed by atoms with Crippen molar-refractivity contribution in [1.29, 1.82) is 0 Å². The first kappa shape index (κ1) is 23.0. The normalized spacial score (nSPS) is 15.3. The maximum atomic E-state index is 13.1. The van der Waals surface area contributed by atoms with Crippen molar-refractivity contribution >= 4 is 0 Å². The fourth-order valence-electron chi connectivity index (χ4n) is 1.20. The highest BCUT2D eigenvalue weighted by atomic mass is 19.4. The third-order valence-electron chi connectivity index (χ3n) is 2.92. The molecular weight excluding hydrogens is 363 g/mol. The summed E-state index contributed by atoms with van der Waals surface area (Å²) in [5.41, 5.74) is -1.18. The molecule has 0 saturated carbocycles. The summed E-state index contributed by atoms with van der Waals surface area (Å²) in [6, 6.07) is 0. The van der Waals surface area contributed by atoms with Crippen molar-refractivity contribution < 1.29 is 54.5 Å². The summed E-state index contributed by atoms with van der Waals surface area (Å²) < 4.78 is 117. The molecule has 0 unspecified atom stereocenters. The van der Waals surface area contributed by atoms with Crippen molar-refractivity contribution in [3.63, 3.8) is 0 Å². The summed E-state index contributed by atoms with van der Waals surface area (Å²) in [6.07, 6.45) is -7.55. The van der Waals surface area contributed by atoms with Crippen LogP contribution in [-0.2, 0) is 4.74 Å². The molecule has 0 rings (SSSR count). The fraction of sp³-hybridized carbons (Fsp3) is 0.833. The number of aliphatic hydroxyl groups excluding tert-OH is 2. The maximum absolute atomic E-state index is 13.1. The van der Waals surface area contributed by atoms with Crippen LogP contribution in [0.15, 0.2) is 12.2 Å². The minimum atomic E-state index is -6.94. The topological polar surface area (TPSA) is 49.7 Å². The molecule has 0 aromatic heterocycles. The van der Waals surface area contributed by atoms with Gasteiger partial charge in [-0.2, -0.15) is 39.5 Å². The molecule has 0 aliphatic rings. The van der Waals surface area contributed by atoms with Crippen LogP contribution in [0.3, 0.4) is 0 Å². The van der Waals surface area contributed by atoms with E-state index in [1.165, 1.54) is 6.92 Å². The molecule has 24 heavy (non-hydrogen) atoms. The van der Waals surface area contributed by atoms with E-state index in [9.17, 15) is 39.5 Å². The first-order chi connectivity index (χ1) is 10.6. The summed E-state index contributed by atoms with van der Waals surface area (Å²) >= 11 is 0. The summed E-state index contributed by atoms with van der Waals surface area (Å²) in [7, 11) is 0. The number of alkyl halides is 9. The number of hydrogen-bond acceptors (Lipinski definition) is 3. The standard InChI is InChI=1S/C12H15F9O3/c1-8(5-22,6-23)7-24-4-2-3-9(13,14)10(15,16)11(17,18)12(19,20)21/h2-3,22-23H,4-7H2,1H3/b3-2+. The van der Waals surface area contributed by atoms with Gasteiger partial charge in [0.15, 0.2) is 0 Å². The second-order valence-electron chi connectivity index (χ2n) is 5.31.